The summed E-state index contributed by atoms with van der Waals surface area (Å²) in [6.45, 7) is 3.37. The van der Waals surface area contributed by atoms with Gasteiger partial charge in [-0.3, -0.25) is 4.90 Å². The third-order valence-electron chi connectivity index (χ3n) is 4.79. The Hall–Kier alpha value is -1.85. The zero-order valence-electron chi connectivity index (χ0n) is 11.8. The molecule has 2 aliphatic heterocycles. The highest BCUT2D eigenvalue weighted by Gasteiger charge is 2.50. The average Bonchev–Trinajstić information content (AvgIpc) is 3.15. The number of likely N-dealkylation sites (tertiary alicyclic amines) is 1. The Morgan fingerprint density at radius 1 is 1.43 bits per heavy atom. The Balaban J connectivity index is 1.63. The molecule has 2 N–H and O–H groups in total. The lowest BCUT2D eigenvalue weighted by molar-refractivity contribution is 0.0457. The molecule has 21 heavy (non-hydrogen) atoms. The SMILES string of the molecule is OC[C@@]12COc3ccccc3[C@@H]1CN(Cc1cnc[nH]1)C2. The molecule has 3 heterocycles. The van der Waals surface area contributed by atoms with Crippen molar-refractivity contribution in [2.75, 3.05) is 26.3 Å². The smallest absolute Gasteiger partial charge is 0.122 e. The minimum atomic E-state index is -0.186. The van der Waals surface area contributed by atoms with Gasteiger partial charge in [-0.25, -0.2) is 4.98 Å². The van der Waals surface area contributed by atoms with Crippen molar-refractivity contribution in [2.24, 2.45) is 5.41 Å². The van der Waals surface area contributed by atoms with Gasteiger partial charge in [-0.15, -0.1) is 0 Å². The van der Waals surface area contributed by atoms with Crippen LogP contribution < -0.4 is 4.74 Å². The number of ether oxygens (including phenoxy) is 1. The van der Waals surface area contributed by atoms with E-state index in [0.29, 0.717) is 12.5 Å². The van der Waals surface area contributed by atoms with Crippen LogP contribution in [0.5, 0.6) is 5.75 Å². The number of para-hydroxylation sites is 1. The molecule has 0 spiro atoms. The fraction of sp³-hybridized carbons (Fsp3) is 0.438. The van der Waals surface area contributed by atoms with Crippen LogP contribution in [0.3, 0.4) is 0 Å². The summed E-state index contributed by atoms with van der Waals surface area (Å²) in [6.07, 6.45) is 3.57. The monoisotopic (exact) mass is 285 g/mol. The van der Waals surface area contributed by atoms with Gasteiger partial charge in [0.15, 0.2) is 0 Å². The summed E-state index contributed by atoms with van der Waals surface area (Å²) < 4.78 is 5.91. The van der Waals surface area contributed by atoms with E-state index in [1.54, 1.807) is 6.33 Å². The molecule has 0 bridgehead atoms. The second kappa shape index (κ2) is 4.86. The predicted molar refractivity (Wildman–Crippen MR) is 78.1 cm³/mol. The third kappa shape index (κ3) is 2.04. The summed E-state index contributed by atoms with van der Waals surface area (Å²) in [6, 6.07) is 8.20. The number of H-pyrrole nitrogens is 1. The number of hydrogen-bond donors (Lipinski definition) is 2. The van der Waals surface area contributed by atoms with Crippen molar-refractivity contribution in [3.8, 4) is 5.75 Å². The second-order valence-corrected chi connectivity index (χ2v) is 6.15. The van der Waals surface area contributed by atoms with Gasteiger partial charge in [0.25, 0.3) is 0 Å². The van der Waals surface area contributed by atoms with Crippen molar-refractivity contribution in [3.05, 3.63) is 48.0 Å². The van der Waals surface area contributed by atoms with Gasteiger partial charge in [-0.2, -0.15) is 0 Å². The van der Waals surface area contributed by atoms with Crippen LogP contribution in [0.4, 0.5) is 0 Å². The van der Waals surface area contributed by atoms with Gasteiger partial charge in [0.05, 0.1) is 19.5 Å². The molecule has 4 rings (SSSR count). The molecule has 110 valence electrons. The number of aliphatic hydroxyl groups excluding tert-OH is 1. The van der Waals surface area contributed by atoms with Gasteiger partial charge in [0.2, 0.25) is 0 Å². The molecule has 0 unspecified atom stereocenters. The van der Waals surface area contributed by atoms with Crippen molar-refractivity contribution < 1.29 is 9.84 Å². The number of benzene rings is 1. The molecule has 5 nitrogen and oxygen atoms in total. The Morgan fingerprint density at radius 3 is 3.14 bits per heavy atom. The van der Waals surface area contributed by atoms with Crippen LogP contribution in [0.25, 0.3) is 0 Å². The molecular weight excluding hydrogens is 266 g/mol. The lowest BCUT2D eigenvalue weighted by Crippen LogP contribution is -2.42. The van der Waals surface area contributed by atoms with E-state index in [0.717, 1.165) is 31.1 Å². The molecule has 1 aromatic heterocycles. The van der Waals surface area contributed by atoms with Crippen molar-refractivity contribution >= 4 is 0 Å². The molecule has 5 heteroatoms. The van der Waals surface area contributed by atoms with Crippen LogP contribution in [0.2, 0.25) is 0 Å². The van der Waals surface area contributed by atoms with E-state index >= 15 is 0 Å². The summed E-state index contributed by atoms with van der Waals surface area (Å²) in [5, 5.41) is 9.99. The maximum absolute atomic E-state index is 9.99. The first kappa shape index (κ1) is 12.9. The van der Waals surface area contributed by atoms with Gasteiger partial charge in [-0.1, -0.05) is 18.2 Å². The van der Waals surface area contributed by atoms with Gasteiger partial charge in [0.1, 0.15) is 5.75 Å². The number of hydrogen-bond acceptors (Lipinski definition) is 4. The third-order valence-corrected chi connectivity index (χ3v) is 4.79. The Kier molecular flexibility index (Phi) is 2.97. The first-order valence-electron chi connectivity index (χ1n) is 7.33. The van der Waals surface area contributed by atoms with Crippen molar-refractivity contribution in [3.63, 3.8) is 0 Å². The van der Waals surface area contributed by atoms with Crippen LogP contribution in [-0.4, -0.2) is 46.3 Å². The van der Waals surface area contributed by atoms with E-state index in [2.05, 4.69) is 20.9 Å². The first-order chi connectivity index (χ1) is 10.3. The zero-order chi connectivity index (χ0) is 14.3. The number of nitrogens with zero attached hydrogens (tertiary/aromatic N) is 2. The Labute approximate surface area is 123 Å². The molecule has 0 amide bonds. The fourth-order valence-electron chi connectivity index (χ4n) is 3.71. The number of aliphatic hydroxyl groups is 1. The first-order valence-corrected chi connectivity index (χ1v) is 7.33. The van der Waals surface area contributed by atoms with E-state index in [1.807, 2.05) is 24.4 Å². The van der Waals surface area contributed by atoms with E-state index in [4.69, 9.17) is 4.74 Å². The summed E-state index contributed by atoms with van der Waals surface area (Å²) >= 11 is 0. The van der Waals surface area contributed by atoms with Crippen LogP contribution >= 0.6 is 0 Å². The van der Waals surface area contributed by atoms with Gasteiger partial charge < -0.3 is 14.8 Å². The Morgan fingerprint density at radius 2 is 2.33 bits per heavy atom. The lowest BCUT2D eigenvalue weighted by atomic mass is 9.74. The summed E-state index contributed by atoms with van der Waals surface area (Å²) in [5.41, 5.74) is 2.15. The molecule has 1 saturated heterocycles. The summed E-state index contributed by atoms with van der Waals surface area (Å²) in [5.74, 6) is 1.30. The fourth-order valence-corrected chi connectivity index (χ4v) is 3.71. The average molecular weight is 285 g/mol. The van der Waals surface area contributed by atoms with Crippen LogP contribution in [0.15, 0.2) is 36.8 Å². The molecule has 1 fully saturated rings. The number of rotatable bonds is 3. The van der Waals surface area contributed by atoms with E-state index in [1.165, 1.54) is 5.56 Å². The van der Waals surface area contributed by atoms with E-state index in [-0.39, 0.29) is 12.0 Å². The minimum absolute atomic E-state index is 0.158. The molecular formula is C16H19N3O2. The number of nitrogens with one attached hydrogen (secondary N) is 1. The normalized spacial score (nSPS) is 28.0. The number of aromatic nitrogens is 2. The lowest BCUT2D eigenvalue weighted by Gasteiger charge is -2.38. The molecule has 0 radical (unpaired) electrons. The summed E-state index contributed by atoms with van der Waals surface area (Å²) in [7, 11) is 0. The molecule has 0 saturated carbocycles. The highest BCUT2D eigenvalue weighted by Crippen LogP contribution is 2.49. The standard InChI is InChI=1S/C16H19N3O2/c20-9-16-8-19(6-12-5-17-11-18-12)7-14(16)13-3-1-2-4-15(13)21-10-16/h1-5,11,14,20H,6-10H2,(H,17,18)/t14-,16-/m0/s1. The zero-order valence-corrected chi connectivity index (χ0v) is 11.8. The molecule has 1 aromatic carbocycles. The topological polar surface area (TPSA) is 61.4 Å². The van der Waals surface area contributed by atoms with Gasteiger partial charge >= 0.3 is 0 Å². The van der Waals surface area contributed by atoms with Crippen molar-refractivity contribution in [2.45, 2.75) is 12.5 Å². The largest absolute Gasteiger partial charge is 0.493 e. The van der Waals surface area contributed by atoms with Crippen LogP contribution in [-0.2, 0) is 6.54 Å². The minimum Gasteiger partial charge on any atom is -0.493 e. The molecule has 2 atom stereocenters. The molecule has 2 aliphatic rings. The van der Waals surface area contributed by atoms with E-state index in [9.17, 15) is 5.11 Å². The maximum Gasteiger partial charge on any atom is 0.122 e. The van der Waals surface area contributed by atoms with Crippen molar-refractivity contribution in [1.82, 2.24) is 14.9 Å². The second-order valence-electron chi connectivity index (χ2n) is 6.15. The molecule has 0 aliphatic carbocycles. The summed E-state index contributed by atoms with van der Waals surface area (Å²) in [4.78, 5) is 9.60. The highest BCUT2D eigenvalue weighted by molar-refractivity contribution is 5.41. The highest BCUT2D eigenvalue weighted by atomic mass is 16.5. The number of imidazole rings is 1. The van der Waals surface area contributed by atoms with Gasteiger partial charge in [-0.05, 0) is 11.6 Å². The van der Waals surface area contributed by atoms with Crippen molar-refractivity contribution in [1.29, 1.82) is 0 Å². The Bertz CT molecular complexity index is 628. The quantitative estimate of drug-likeness (QED) is 0.894. The number of aromatic amines is 1. The molecule has 2 aromatic rings. The van der Waals surface area contributed by atoms with E-state index < -0.39 is 0 Å². The number of fused-ring (bicyclic) bond motifs is 3. The maximum atomic E-state index is 9.99. The van der Waals surface area contributed by atoms with Gasteiger partial charge in [0, 0.05) is 42.9 Å². The van der Waals surface area contributed by atoms with Crippen LogP contribution in [0, 0.1) is 5.41 Å². The predicted octanol–water partition coefficient (Wildman–Crippen LogP) is 1.38. The van der Waals surface area contributed by atoms with Crippen LogP contribution in [0.1, 0.15) is 17.2 Å².